The highest BCUT2D eigenvalue weighted by atomic mass is 35.5. The smallest absolute Gasteiger partial charge is 0.229 e. The van der Waals surface area contributed by atoms with Crippen molar-refractivity contribution in [1.29, 1.82) is 0 Å². The fourth-order valence-corrected chi connectivity index (χ4v) is 3.58. The molecule has 0 fully saturated rings. The maximum atomic E-state index is 6.46. The minimum Gasteiger partial charge on any atom is -0.345 e. The zero-order valence-corrected chi connectivity index (χ0v) is 16.3. The molecule has 3 N–H and O–H groups in total. The van der Waals surface area contributed by atoms with Crippen LogP contribution in [0.3, 0.4) is 0 Å². The van der Waals surface area contributed by atoms with Crippen molar-refractivity contribution >= 4 is 45.9 Å². The monoisotopic (exact) mass is 421 g/mol. The van der Waals surface area contributed by atoms with E-state index in [2.05, 4.69) is 30.5 Å². The summed E-state index contributed by atoms with van der Waals surface area (Å²) in [4.78, 5) is 16.6. The predicted octanol–water partition coefficient (Wildman–Crippen LogP) is 5.46. The zero-order chi connectivity index (χ0) is 19.8. The van der Waals surface area contributed by atoms with Crippen LogP contribution in [0.4, 0.5) is 11.8 Å². The molecule has 0 atom stereocenters. The second kappa shape index (κ2) is 7.20. The van der Waals surface area contributed by atoms with Gasteiger partial charge in [-0.15, -0.1) is 0 Å². The molecule has 3 aromatic heterocycles. The average Bonchev–Trinajstić information content (AvgIpc) is 3.39. The van der Waals surface area contributed by atoms with Crippen LogP contribution in [0.2, 0.25) is 10.0 Å². The van der Waals surface area contributed by atoms with E-state index in [1.807, 2.05) is 30.3 Å². The van der Waals surface area contributed by atoms with Gasteiger partial charge in [0.1, 0.15) is 5.82 Å². The highest BCUT2D eigenvalue weighted by Gasteiger charge is 2.17. The van der Waals surface area contributed by atoms with E-state index in [9.17, 15) is 0 Å². The molecular weight excluding hydrogens is 409 g/mol. The molecule has 0 saturated carbocycles. The van der Waals surface area contributed by atoms with Crippen molar-refractivity contribution in [1.82, 2.24) is 30.1 Å². The summed E-state index contributed by atoms with van der Waals surface area (Å²) in [6.45, 7) is 0. The Balaban J connectivity index is 1.63. The average molecular weight is 422 g/mol. The Hall–Kier alpha value is -3.42. The van der Waals surface area contributed by atoms with Crippen LogP contribution in [-0.4, -0.2) is 30.1 Å². The van der Waals surface area contributed by atoms with Gasteiger partial charge in [0.25, 0.3) is 0 Å². The highest BCUT2D eigenvalue weighted by Crippen LogP contribution is 2.35. The Labute approximate surface area is 175 Å². The molecular formula is C20H13Cl2N7. The third kappa shape index (κ3) is 3.30. The van der Waals surface area contributed by atoms with Crippen LogP contribution >= 0.6 is 23.2 Å². The van der Waals surface area contributed by atoms with Gasteiger partial charge in [0.05, 0.1) is 21.8 Å². The van der Waals surface area contributed by atoms with Crippen LogP contribution in [0.15, 0.2) is 61.1 Å². The van der Waals surface area contributed by atoms with Crippen molar-refractivity contribution in [2.75, 3.05) is 5.32 Å². The lowest BCUT2D eigenvalue weighted by molar-refractivity contribution is 1.09. The van der Waals surface area contributed by atoms with Gasteiger partial charge in [0.15, 0.2) is 5.82 Å². The highest BCUT2D eigenvalue weighted by molar-refractivity contribution is 6.36. The van der Waals surface area contributed by atoms with Crippen molar-refractivity contribution < 1.29 is 0 Å². The number of nitrogens with one attached hydrogen (secondary N) is 3. The summed E-state index contributed by atoms with van der Waals surface area (Å²) in [6.07, 6.45) is 5.11. The number of fused-ring (bicyclic) bond motifs is 1. The number of hydrogen-bond donors (Lipinski definition) is 3. The summed E-state index contributed by atoms with van der Waals surface area (Å²) >= 11 is 12.5. The Morgan fingerprint density at radius 3 is 2.69 bits per heavy atom. The molecule has 0 aliphatic heterocycles. The summed E-state index contributed by atoms with van der Waals surface area (Å²) in [5.41, 5.74) is 2.98. The lowest BCUT2D eigenvalue weighted by atomic mass is 10.1. The maximum Gasteiger partial charge on any atom is 0.229 e. The summed E-state index contributed by atoms with van der Waals surface area (Å²) in [7, 11) is 0. The lowest BCUT2D eigenvalue weighted by Gasteiger charge is -2.11. The number of halogens is 2. The van der Waals surface area contributed by atoms with Crippen molar-refractivity contribution in [3.63, 3.8) is 0 Å². The van der Waals surface area contributed by atoms with Gasteiger partial charge in [-0.05, 0) is 30.3 Å². The number of nitrogens with zero attached hydrogens (tertiary/aromatic N) is 4. The molecule has 7 nitrogen and oxygen atoms in total. The van der Waals surface area contributed by atoms with Crippen molar-refractivity contribution in [2.24, 2.45) is 0 Å². The molecule has 0 radical (unpaired) electrons. The number of hydrogen-bond acceptors (Lipinski definition) is 5. The number of benzene rings is 2. The molecule has 29 heavy (non-hydrogen) atoms. The van der Waals surface area contributed by atoms with Gasteiger partial charge in [0, 0.05) is 34.6 Å². The van der Waals surface area contributed by atoms with E-state index in [0.717, 1.165) is 22.0 Å². The first-order chi connectivity index (χ1) is 14.2. The molecule has 2 aromatic carbocycles. The van der Waals surface area contributed by atoms with Gasteiger partial charge in [-0.25, -0.2) is 15.0 Å². The number of aromatic nitrogens is 6. The fourth-order valence-electron chi connectivity index (χ4n) is 3.08. The van der Waals surface area contributed by atoms with Crippen LogP contribution in [-0.2, 0) is 0 Å². The van der Waals surface area contributed by atoms with E-state index < -0.39 is 0 Å². The molecule has 0 bridgehead atoms. The standard InChI is InChI=1S/C20H13Cl2N7/c21-11-5-6-12(15(22)9-11)17-14(18-23-7-8-24-18)10-25-20(26-17)27-19-13-3-1-2-4-16(13)28-29-19/h1-10H,(H,23,24)(H2,25,26,27,28,29). The van der Waals surface area contributed by atoms with Crippen LogP contribution in [0.25, 0.3) is 33.5 Å². The second-order valence-corrected chi connectivity index (χ2v) is 7.10. The second-order valence-electron chi connectivity index (χ2n) is 6.26. The van der Waals surface area contributed by atoms with Gasteiger partial charge < -0.3 is 10.3 Å². The van der Waals surface area contributed by atoms with E-state index in [1.165, 1.54) is 0 Å². The largest absolute Gasteiger partial charge is 0.345 e. The van der Waals surface area contributed by atoms with Crippen molar-refractivity contribution in [3.05, 3.63) is 71.1 Å². The van der Waals surface area contributed by atoms with Crippen molar-refractivity contribution in [2.45, 2.75) is 0 Å². The molecule has 0 aliphatic rings. The Kier molecular flexibility index (Phi) is 4.38. The van der Waals surface area contributed by atoms with Gasteiger partial charge in [-0.3, -0.25) is 5.10 Å². The van der Waals surface area contributed by atoms with Crippen molar-refractivity contribution in [3.8, 4) is 22.6 Å². The quantitative estimate of drug-likeness (QED) is 0.358. The van der Waals surface area contributed by atoms with E-state index in [-0.39, 0.29) is 0 Å². The number of rotatable bonds is 4. The topological polar surface area (TPSA) is 95.2 Å². The molecule has 5 rings (SSSR count). The minimum absolute atomic E-state index is 0.388. The third-order valence-corrected chi connectivity index (χ3v) is 4.98. The SMILES string of the molecule is Clc1ccc(-c2nc(Nc3n[nH]c4ccccc34)ncc2-c2ncc[nH]2)c(Cl)c1. The number of imidazole rings is 1. The summed E-state index contributed by atoms with van der Waals surface area (Å²) < 4.78 is 0. The predicted molar refractivity (Wildman–Crippen MR) is 114 cm³/mol. The normalized spacial score (nSPS) is 11.1. The van der Waals surface area contributed by atoms with E-state index in [4.69, 9.17) is 28.2 Å². The number of H-pyrrole nitrogens is 2. The summed E-state index contributed by atoms with van der Waals surface area (Å²) in [5.74, 6) is 1.67. The molecule has 142 valence electrons. The molecule has 0 amide bonds. The first-order valence-electron chi connectivity index (χ1n) is 8.71. The van der Waals surface area contributed by atoms with Gasteiger partial charge in [0.2, 0.25) is 5.95 Å². The Morgan fingerprint density at radius 2 is 1.86 bits per heavy atom. The molecule has 3 heterocycles. The van der Waals surface area contributed by atoms with E-state index in [0.29, 0.717) is 33.3 Å². The first-order valence-corrected chi connectivity index (χ1v) is 9.47. The molecule has 0 unspecified atom stereocenters. The number of para-hydroxylation sites is 1. The number of anilines is 2. The van der Waals surface area contributed by atoms with Crippen LogP contribution in [0.1, 0.15) is 0 Å². The van der Waals surface area contributed by atoms with Gasteiger partial charge >= 0.3 is 0 Å². The molecule has 0 aliphatic carbocycles. The van der Waals surface area contributed by atoms with Crippen LogP contribution in [0.5, 0.6) is 0 Å². The van der Waals surface area contributed by atoms with Crippen LogP contribution < -0.4 is 5.32 Å². The Morgan fingerprint density at radius 1 is 0.966 bits per heavy atom. The number of aromatic amines is 2. The lowest BCUT2D eigenvalue weighted by Crippen LogP contribution is -2.01. The fraction of sp³-hybridized carbons (Fsp3) is 0. The third-order valence-electron chi connectivity index (χ3n) is 4.43. The maximum absolute atomic E-state index is 6.46. The summed E-state index contributed by atoms with van der Waals surface area (Å²) in [5, 5.41) is 12.5. The molecule has 5 aromatic rings. The zero-order valence-electron chi connectivity index (χ0n) is 14.8. The van der Waals surface area contributed by atoms with Gasteiger partial charge in [-0.1, -0.05) is 35.3 Å². The van der Waals surface area contributed by atoms with Gasteiger partial charge in [-0.2, -0.15) is 5.10 Å². The first kappa shape index (κ1) is 17.7. The van der Waals surface area contributed by atoms with E-state index in [1.54, 1.807) is 30.7 Å². The molecule has 9 heteroatoms. The van der Waals surface area contributed by atoms with Crippen LogP contribution in [0, 0.1) is 0 Å². The van der Waals surface area contributed by atoms with E-state index >= 15 is 0 Å². The molecule has 0 saturated heterocycles. The minimum atomic E-state index is 0.388. The summed E-state index contributed by atoms with van der Waals surface area (Å²) in [6, 6.07) is 13.1. The Bertz CT molecular complexity index is 1310. The molecule has 0 spiro atoms.